The van der Waals surface area contributed by atoms with Crippen LogP contribution in [0.1, 0.15) is 26.2 Å². The van der Waals surface area contributed by atoms with E-state index in [2.05, 4.69) is 5.32 Å². The van der Waals surface area contributed by atoms with Crippen LogP contribution in [0.2, 0.25) is 0 Å². The molecular formula is C15H22N2O3. The lowest BCUT2D eigenvalue weighted by Crippen LogP contribution is -2.43. The summed E-state index contributed by atoms with van der Waals surface area (Å²) in [5.74, 6) is 1.53. The number of hydrogen-bond donors (Lipinski definition) is 1. The molecule has 1 aromatic carbocycles. The van der Waals surface area contributed by atoms with Gasteiger partial charge >= 0.3 is 6.03 Å². The maximum Gasteiger partial charge on any atom is 0.320 e. The van der Waals surface area contributed by atoms with E-state index in [1.807, 2.05) is 36.1 Å². The Bertz CT molecular complexity index is 414. The molecule has 1 N–H and O–H groups in total. The van der Waals surface area contributed by atoms with Crippen molar-refractivity contribution in [2.45, 2.75) is 26.2 Å². The highest BCUT2D eigenvalue weighted by Gasteiger charge is 2.15. The number of benzene rings is 1. The summed E-state index contributed by atoms with van der Waals surface area (Å²) in [6.07, 6.45) is 3.40. The van der Waals surface area contributed by atoms with Crippen molar-refractivity contribution >= 4 is 6.03 Å². The predicted molar refractivity (Wildman–Crippen MR) is 77.1 cm³/mol. The first-order chi connectivity index (χ1) is 9.79. The second kappa shape index (κ2) is 7.62. The quantitative estimate of drug-likeness (QED) is 0.842. The zero-order chi connectivity index (χ0) is 14.2. The van der Waals surface area contributed by atoms with Gasteiger partial charge in [0.2, 0.25) is 0 Å². The zero-order valence-corrected chi connectivity index (χ0v) is 11.9. The summed E-state index contributed by atoms with van der Waals surface area (Å²) in [7, 11) is 0. The first kappa shape index (κ1) is 14.5. The normalized spacial score (nSPS) is 14.8. The number of carbonyl (C=O) groups excluding carboxylic acids is 1. The predicted octanol–water partition coefficient (Wildman–Crippen LogP) is 2.62. The molecule has 1 heterocycles. The minimum absolute atomic E-state index is 0.0457. The van der Waals surface area contributed by atoms with Crippen molar-refractivity contribution in [2.24, 2.45) is 0 Å². The number of nitrogens with one attached hydrogen (secondary N) is 1. The SMILES string of the molecule is CCOc1ccc(OCNC(=O)N2CCCCC2)cc1. The fraction of sp³-hybridized carbons (Fsp3) is 0.533. The van der Waals surface area contributed by atoms with Gasteiger partial charge in [-0.2, -0.15) is 0 Å². The molecule has 2 rings (SSSR count). The van der Waals surface area contributed by atoms with Gasteiger partial charge in [0.25, 0.3) is 0 Å². The van der Waals surface area contributed by atoms with Crippen LogP contribution in [0.5, 0.6) is 11.5 Å². The van der Waals surface area contributed by atoms with Crippen LogP contribution in [0, 0.1) is 0 Å². The highest BCUT2D eigenvalue weighted by molar-refractivity contribution is 5.74. The third-order valence-corrected chi connectivity index (χ3v) is 3.24. The molecule has 0 saturated carbocycles. The van der Waals surface area contributed by atoms with Crippen LogP contribution in [0.3, 0.4) is 0 Å². The molecular weight excluding hydrogens is 256 g/mol. The summed E-state index contributed by atoms with van der Waals surface area (Å²) in [4.78, 5) is 13.7. The summed E-state index contributed by atoms with van der Waals surface area (Å²) in [5.41, 5.74) is 0. The van der Waals surface area contributed by atoms with Crippen LogP contribution in [-0.2, 0) is 0 Å². The Kier molecular flexibility index (Phi) is 5.53. The summed E-state index contributed by atoms with van der Waals surface area (Å²) in [6, 6.07) is 7.32. The van der Waals surface area contributed by atoms with Crippen molar-refractivity contribution in [3.63, 3.8) is 0 Å². The van der Waals surface area contributed by atoms with Crippen molar-refractivity contribution < 1.29 is 14.3 Å². The Morgan fingerprint density at radius 2 is 1.70 bits per heavy atom. The molecule has 1 fully saturated rings. The van der Waals surface area contributed by atoms with E-state index in [-0.39, 0.29) is 12.8 Å². The Morgan fingerprint density at radius 1 is 1.10 bits per heavy atom. The first-order valence-electron chi connectivity index (χ1n) is 7.18. The highest BCUT2D eigenvalue weighted by atomic mass is 16.5. The maximum absolute atomic E-state index is 11.8. The van der Waals surface area contributed by atoms with Gasteiger partial charge in [0.15, 0.2) is 6.73 Å². The van der Waals surface area contributed by atoms with E-state index in [0.29, 0.717) is 12.4 Å². The van der Waals surface area contributed by atoms with E-state index in [0.717, 1.165) is 31.7 Å². The monoisotopic (exact) mass is 278 g/mol. The number of ether oxygens (including phenoxy) is 2. The summed E-state index contributed by atoms with van der Waals surface area (Å²) < 4.78 is 10.8. The summed E-state index contributed by atoms with van der Waals surface area (Å²) >= 11 is 0. The number of amides is 2. The number of nitrogens with zero attached hydrogens (tertiary/aromatic N) is 1. The molecule has 0 aliphatic carbocycles. The van der Waals surface area contributed by atoms with Crippen molar-refractivity contribution in [2.75, 3.05) is 26.4 Å². The fourth-order valence-corrected chi connectivity index (χ4v) is 2.19. The van der Waals surface area contributed by atoms with Gasteiger partial charge in [-0.1, -0.05) is 0 Å². The molecule has 1 aliphatic rings. The Morgan fingerprint density at radius 3 is 2.30 bits per heavy atom. The molecule has 2 amide bonds. The van der Waals surface area contributed by atoms with Gasteiger partial charge in [-0.3, -0.25) is 0 Å². The first-order valence-corrected chi connectivity index (χ1v) is 7.18. The van der Waals surface area contributed by atoms with Crippen LogP contribution >= 0.6 is 0 Å². The lowest BCUT2D eigenvalue weighted by molar-refractivity contribution is 0.174. The molecule has 1 aromatic rings. The third kappa shape index (κ3) is 4.33. The highest BCUT2D eigenvalue weighted by Crippen LogP contribution is 2.17. The van der Waals surface area contributed by atoms with Gasteiger partial charge in [-0.25, -0.2) is 4.79 Å². The van der Waals surface area contributed by atoms with E-state index in [9.17, 15) is 4.79 Å². The average Bonchev–Trinajstić information content (AvgIpc) is 2.50. The second-order valence-corrected chi connectivity index (χ2v) is 4.72. The van der Waals surface area contributed by atoms with Crippen LogP contribution in [0.15, 0.2) is 24.3 Å². The second-order valence-electron chi connectivity index (χ2n) is 4.72. The molecule has 1 saturated heterocycles. The van der Waals surface area contributed by atoms with Crippen molar-refractivity contribution in [1.29, 1.82) is 0 Å². The molecule has 0 atom stereocenters. The van der Waals surface area contributed by atoms with Crippen molar-refractivity contribution in [3.8, 4) is 11.5 Å². The lowest BCUT2D eigenvalue weighted by Gasteiger charge is -2.26. The van der Waals surface area contributed by atoms with Crippen LogP contribution in [0.4, 0.5) is 4.79 Å². The van der Waals surface area contributed by atoms with Crippen LogP contribution < -0.4 is 14.8 Å². The molecule has 0 unspecified atom stereocenters. The lowest BCUT2D eigenvalue weighted by atomic mass is 10.1. The van der Waals surface area contributed by atoms with Gasteiger partial charge in [0, 0.05) is 13.1 Å². The number of piperidine rings is 1. The standard InChI is InChI=1S/C15H22N2O3/c1-2-19-13-6-8-14(9-7-13)20-12-16-15(18)17-10-4-3-5-11-17/h6-9H,2-5,10-12H2,1H3,(H,16,18). The number of carbonyl (C=O) groups is 1. The molecule has 1 aliphatic heterocycles. The van der Waals surface area contributed by atoms with Crippen molar-refractivity contribution in [3.05, 3.63) is 24.3 Å². The summed E-state index contributed by atoms with van der Waals surface area (Å²) in [6.45, 7) is 4.46. The molecule has 0 radical (unpaired) electrons. The van der Waals surface area contributed by atoms with Gasteiger partial charge in [0.05, 0.1) is 6.61 Å². The van der Waals surface area contributed by atoms with Gasteiger partial charge in [-0.05, 0) is 50.5 Å². The smallest absolute Gasteiger partial charge is 0.320 e. The number of hydrogen-bond acceptors (Lipinski definition) is 3. The fourth-order valence-electron chi connectivity index (χ4n) is 2.19. The molecule has 0 bridgehead atoms. The minimum Gasteiger partial charge on any atom is -0.494 e. The van der Waals surface area contributed by atoms with E-state index >= 15 is 0 Å². The molecule has 20 heavy (non-hydrogen) atoms. The van der Waals surface area contributed by atoms with Gasteiger partial charge in [-0.15, -0.1) is 0 Å². The van der Waals surface area contributed by atoms with E-state index in [4.69, 9.17) is 9.47 Å². The van der Waals surface area contributed by atoms with E-state index in [1.165, 1.54) is 6.42 Å². The molecule has 5 nitrogen and oxygen atoms in total. The summed E-state index contributed by atoms with van der Waals surface area (Å²) in [5, 5.41) is 2.77. The molecule has 0 spiro atoms. The number of urea groups is 1. The number of likely N-dealkylation sites (tertiary alicyclic amines) is 1. The zero-order valence-electron chi connectivity index (χ0n) is 11.9. The Hall–Kier alpha value is -1.91. The number of rotatable bonds is 5. The minimum atomic E-state index is -0.0457. The van der Waals surface area contributed by atoms with E-state index < -0.39 is 0 Å². The van der Waals surface area contributed by atoms with Crippen LogP contribution in [0.25, 0.3) is 0 Å². The molecule has 110 valence electrons. The topological polar surface area (TPSA) is 50.8 Å². The Labute approximate surface area is 119 Å². The largest absolute Gasteiger partial charge is 0.494 e. The van der Waals surface area contributed by atoms with E-state index in [1.54, 1.807) is 0 Å². The van der Waals surface area contributed by atoms with Crippen LogP contribution in [-0.4, -0.2) is 37.4 Å². The van der Waals surface area contributed by atoms with Gasteiger partial charge in [0.1, 0.15) is 11.5 Å². The average molecular weight is 278 g/mol. The maximum atomic E-state index is 11.8. The van der Waals surface area contributed by atoms with Gasteiger partial charge < -0.3 is 19.7 Å². The van der Waals surface area contributed by atoms with Crippen molar-refractivity contribution in [1.82, 2.24) is 10.2 Å². The third-order valence-electron chi connectivity index (χ3n) is 3.24. The Balaban J connectivity index is 1.70. The molecule has 5 heteroatoms. The molecule has 0 aromatic heterocycles.